The van der Waals surface area contributed by atoms with E-state index in [0.717, 1.165) is 6.42 Å². The molecule has 100 valence electrons. The van der Waals surface area contributed by atoms with Crippen LogP contribution in [0.2, 0.25) is 5.28 Å². The third-order valence-electron chi connectivity index (χ3n) is 3.40. The minimum Gasteiger partial charge on any atom is -0.391 e. The van der Waals surface area contributed by atoms with Crippen molar-refractivity contribution in [2.45, 2.75) is 31.4 Å². The van der Waals surface area contributed by atoms with Gasteiger partial charge in [0.05, 0.1) is 18.3 Å². The van der Waals surface area contributed by atoms with E-state index in [0.29, 0.717) is 18.4 Å². The summed E-state index contributed by atoms with van der Waals surface area (Å²) in [6.45, 7) is 0. The highest BCUT2D eigenvalue weighted by Crippen LogP contribution is 2.30. The summed E-state index contributed by atoms with van der Waals surface area (Å²) in [6, 6.07) is -0.441. The SMILES string of the molecule is O=c1[nH]c2cnc(Cl)nc2n(C2CCCC2O)c1=O. The fraction of sp³-hybridized carbons (Fsp3) is 0.455. The minimum atomic E-state index is -0.752. The molecule has 2 aromatic rings. The molecule has 0 aromatic carbocycles. The summed E-state index contributed by atoms with van der Waals surface area (Å²) in [5.41, 5.74) is -0.908. The van der Waals surface area contributed by atoms with Gasteiger partial charge in [-0.25, -0.2) is 4.98 Å². The summed E-state index contributed by atoms with van der Waals surface area (Å²) in [5.74, 6) is 0. The zero-order valence-electron chi connectivity index (χ0n) is 9.84. The normalized spacial score (nSPS) is 23.1. The maximum atomic E-state index is 12.0. The molecule has 2 unspecified atom stereocenters. The predicted octanol–water partition coefficient (Wildman–Crippen LogP) is 0.219. The lowest BCUT2D eigenvalue weighted by Gasteiger charge is -2.18. The van der Waals surface area contributed by atoms with E-state index in [4.69, 9.17) is 11.6 Å². The van der Waals surface area contributed by atoms with Crippen LogP contribution in [-0.4, -0.2) is 30.7 Å². The summed E-state index contributed by atoms with van der Waals surface area (Å²) in [4.78, 5) is 33.8. The summed E-state index contributed by atoms with van der Waals surface area (Å²) in [7, 11) is 0. The van der Waals surface area contributed by atoms with Crippen molar-refractivity contribution < 1.29 is 5.11 Å². The van der Waals surface area contributed by atoms with Crippen LogP contribution in [0.5, 0.6) is 0 Å². The van der Waals surface area contributed by atoms with E-state index in [1.54, 1.807) is 0 Å². The van der Waals surface area contributed by atoms with Gasteiger partial charge in [0.1, 0.15) is 5.52 Å². The van der Waals surface area contributed by atoms with Gasteiger partial charge in [0.25, 0.3) is 0 Å². The number of aromatic nitrogens is 4. The van der Waals surface area contributed by atoms with E-state index in [9.17, 15) is 14.7 Å². The Balaban J connectivity index is 2.37. The lowest BCUT2D eigenvalue weighted by Crippen LogP contribution is -2.40. The van der Waals surface area contributed by atoms with Crippen molar-refractivity contribution in [3.8, 4) is 0 Å². The molecule has 0 saturated heterocycles. The van der Waals surface area contributed by atoms with Gasteiger partial charge in [0.2, 0.25) is 5.28 Å². The highest BCUT2D eigenvalue weighted by Gasteiger charge is 2.30. The van der Waals surface area contributed by atoms with Gasteiger partial charge < -0.3 is 10.1 Å². The lowest BCUT2D eigenvalue weighted by molar-refractivity contribution is 0.136. The first-order chi connectivity index (χ1) is 9.08. The summed E-state index contributed by atoms with van der Waals surface area (Å²) in [6.07, 6.45) is 2.72. The number of nitrogens with one attached hydrogen (secondary N) is 1. The molecule has 0 bridgehead atoms. The van der Waals surface area contributed by atoms with Crippen molar-refractivity contribution in [2.24, 2.45) is 0 Å². The Hall–Kier alpha value is -1.73. The molecule has 0 amide bonds. The fourth-order valence-corrected chi connectivity index (χ4v) is 2.66. The molecule has 3 rings (SSSR count). The van der Waals surface area contributed by atoms with Gasteiger partial charge >= 0.3 is 11.1 Å². The number of aliphatic hydroxyl groups is 1. The fourth-order valence-electron chi connectivity index (χ4n) is 2.53. The van der Waals surface area contributed by atoms with Crippen LogP contribution in [0.25, 0.3) is 11.2 Å². The molecule has 2 heterocycles. The summed E-state index contributed by atoms with van der Waals surface area (Å²) >= 11 is 5.73. The molecule has 2 atom stereocenters. The number of H-pyrrole nitrogens is 1. The molecule has 2 aromatic heterocycles. The Morgan fingerprint density at radius 1 is 1.42 bits per heavy atom. The largest absolute Gasteiger partial charge is 0.391 e. The van der Waals surface area contributed by atoms with Crippen LogP contribution in [0, 0.1) is 0 Å². The minimum absolute atomic E-state index is 0.0137. The number of fused-ring (bicyclic) bond motifs is 1. The number of halogens is 1. The Labute approximate surface area is 111 Å². The Bertz CT molecular complexity index is 754. The standard InChI is InChI=1S/C11H11ClN4O3/c12-11-13-4-5-8(15-11)16(10(19)9(18)14-5)6-2-1-3-7(6)17/h4,6-7,17H,1-3H2,(H,14,18). The zero-order valence-corrected chi connectivity index (χ0v) is 10.6. The van der Waals surface area contributed by atoms with Gasteiger partial charge in [-0.1, -0.05) is 0 Å². The molecule has 0 radical (unpaired) electrons. The van der Waals surface area contributed by atoms with Crippen LogP contribution in [0.1, 0.15) is 25.3 Å². The second kappa shape index (κ2) is 4.43. The number of aromatic amines is 1. The lowest BCUT2D eigenvalue weighted by atomic mass is 10.2. The molecule has 1 aliphatic carbocycles. The van der Waals surface area contributed by atoms with Crippen LogP contribution in [0.3, 0.4) is 0 Å². The molecule has 0 spiro atoms. The van der Waals surface area contributed by atoms with Gasteiger partial charge in [-0.15, -0.1) is 0 Å². The second-order valence-electron chi connectivity index (χ2n) is 4.57. The maximum absolute atomic E-state index is 12.0. The van der Waals surface area contributed by atoms with E-state index < -0.39 is 23.3 Å². The van der Waals surface area contributed by atoms with Crippen LogP contribution >= 0.6 is 11.6 Å². The monoisotopic (exact) mass is 282 g/mol. The van der Waals surface area contributed by atoms with E-state index in [-0.39, 0.29) is 10.9 Å². The summed E-state index contributed by atoms with van der Waals surface area (Å²) < 4.78 is 1.24. The molecular formula is C11H11ClN4O3. The molecule has 0 aliphatic heterocycles. The number of rotatable bonds is 1. The van der Waals surface area contributed by atoms with Crippen molar-refractivity contribution in [3.63, 3.8) is 0 Å². The molecule has 7 nitrogen and oxygen atoms in total. The van der Waals surface area contributed by atoms with Gasteiger partial charge in [0, 0.05) is 0 Å². The van der Waals surface area contributed by atoms with E-state index in [1.165, 1.54) is 10.8 Å². The topological polar surface area (TPSA) is 101 Å². The van der Waals surface area contributed by atoms with Crippen molar-refractivity contribution in [3.05, 3.63) is 32.2 Å². The first-order valence-corrected chi connectivity index (χ1v) is 6.31. The van der Waals surface area contributed by atoms with Crippen molar-refractivity contribution in [1.29, 1.82) is 0 Å². The molecule has 1 fully saturated rings. The first-order valence-electron chi connectivity index (χ1n) is 5.93. The molecule has 1 saturated carbocycles. The summed E-state index contributed by atoms with van der Waals surface area (Å²) in [5, 5.41) is 9.92. The number of nitrogens with zero attached hydrogens (tertiary/aromatic N) is 3. The molecule has 1 aliphatic rings. The Kier molecular flexibility index (Phi) is 2.87. The van der Waals surface area contributed by atoms with Gasteiger partial charge in [-0.3, -0.25) is 14.2 Å². The smallest absolute Gasteiger partial charge is 0.318 e. The van der Waals surface area contributed by atoms with Crippen LogP contribution in [-0.2, 0) is 0 Å². The van der Waals surface area contributed by atoms with Gasteiger partial charge in [-0.05, 0) is 30.9 Å². The maximum Gasteiger partial charge on any atom is 0.318 e. The Morgan fingerprint density at radius 3 is 2.89 bits per heavy atom. The van der Waals surface area contributed by atoms with Gasteiger partial charge in [0.15, 0.2) is 5.65 Å². The average Bonchev–Trinajstić information content (AvgIpc) is 2.78. The molecule has 2 N–H and O–H groups in total. The average molecular weight is 283 g/mol. The van der Waals surface area contributed by atoms with Gasteiger partial charge in [-0.2, -0.15) is 4.98 Å². The number of hydrogen-bond acceptors (Lipinski definition) is 5. The second-order valence-corrected chi connectivity index (χ2v) is 4.91. The molecular weight excluding hydrogens is 272 g/mol. The van der Waals surface area contributed by atoms with E-state index in [2.05, 4.69) is 15.0 Å². The highest BCUT2D eigenvalue weighted by molar-refractivity contribution is 6.28. The third kappa shape index (κ3) is 1.95. The number of hydrogen-bond donors (Lipinski definition) is 2. The van der Waals surface area contributed by atoms with E-state index in [1.807, 2.05) is 0 Å². The Morgan fingerprint density at radius 2 is 2.21 bits per heavy atom. The van der Waals surface area contributed by atoms with Crippen LogP contribution in [0.15, 0.2) is 15.8 Å². The molecule has 19 heavy (non-hydrogen) atoms. The zero-order chi connectivity index (χ0) is 13.6. The third-order valence-corrected chi connectivity index (χ3v) is 3.59. The molecule has 8 heteroatoms. The first kappa shape index (κ1) is 12.3. The van der Waals surface area contributed by atoms with Crippen molar-refractivity contribution in [2.75, 3.05) is 0 Å². The number of aliphatic hydroxyl groups excluding tert-OH is 1. The predicted molar refractivity (Wildman–Crippen MR) is 68.3 cm³/mol. The van der Waals surface area contributed by atoms with Crippen molar-refractivity contribution in [1.82, 2.24) is 19.5 Å². The van der Waals surface area contributed by atoms with Crippen molar-refractivity contribution >= 4 is 22.8 Å². The van der Waals surface area contributed by atoms with Crippen LogP contribution in [0.4, 0.5) is 0 Å². The van der Waals surface area contributed by atoms with E-state index >= 15 is 0 Å². The van der Waals surface area contributed by atoms with Crippen LogP contribution < -0.4 is 11.1 Å². The quantitative estimate of drug-likeness (QED) is 0.575. The highest BCUT2D eigenvalue weighted by atomic mass is 35.5.